The zero-order valence-electron chi connectivity index (χ0n) is 8.25. The number of likely N-dealkylation sites (tertiary alicyclic amines) is 1. The largest absolute Gasteiger partial charge is 0.340 e. The maximum atomic E-state index is 11.5. The van der Waals surface area contributed by atoms with Gasteiger partial charge in [0.15, 0.2) is 0 Å². The second-order valence-electron chi connectivity index (χ2n) is 3.31. The van der Waals surface area contributed by atoms with Gasteiger partial charge in [0.2, 0.25) is 11.8 Å². The smallest absolute Gasteiger partial charge is 0.249 e. The normalized spacial score (nSPS) is 20.8. The standard InChI is InChI=1S/C10H14N2O2/c1-4-12-6-5-8(10(12)14)11-9(13)7(2)3/h4,8H,1-2,5-6H2,3H3,(H,11,13). The van der Waals surface area contributed by atoms with E-state index in [9.17, 15) is 9.59 Å². The Morgan fingerprint density at radius 2 is 2.36 bits per heavy atom. The van der Waals surface area contributed by atoms with Crippen LogP contribution in [0.5, 0.6) is 0 Å². The molecular formula is C10H14N2O2. The summed E-state index contributed by atoms with van der Waals surface area (Å²) in [6.45, 7) is 9.25. The highest BCUT2D eigenvalue weighted by atomic mass is 16.2. The first-order valence-corrected chi connectivity index (χ1v) is 4.45. The molecule has 14 heavy (non-hydrogen) atoms. The van der Waals surface area contributed by atoms with Gasteiger partial charge in [0.05, 0.1) is 0 Å². The molecule has 2 amide bonds. The van der Waals surface area contributed by atoms with E-state index >= 15 is 0 Å². The summed E-state index contributed by atoms with van der Waals surface area (Å²) >= 11 is 0. The topological polar surface area (TPSA) is 49.4 Å². The number of carbonyl (C=O) groups is 2. The summed E-state index contributed by atoms with van der Waals surface area (Å²) in [5.74, 6) is -0.371. The fraction of sp³-hybridized carbons (Fsp3) is 0.400. The predicted octanol–water partition coefficient (Wildman–Crippen LogP) is 0.423. The third-order valence-corrected chi connectivity index (χ3v) is 2.15. The Balaban J connectivity index is 2.56. The molecule has 0 bridgehead atoms. The molecule has 4 nitrogen and oxygen atoms in total. The van der Waals surface area contributed by atoms with Crippen molar-refractivity contribution in [1.29, 1.82) is 0 Å². The molecule has 0 saturated carbocycles. The molecule has 76 valence electrons. The lowest BCUT2D eigenvalue weighted by atomic mass is 10.2. The molecule has 4 heteroatoms. The van der Waals surface area contributed by atoms with Crippen LogP contribution in [0.4, 0.5) is 0 Å². The Labute approximate surface area is 83.3 Å². The fourth-order valence-electron chi connectivity index (χ4n) is 1.30. The van der Waals surface area contributed by atoms with Crippen LogP contribution in [0.15, 0.2) is 24.9 Å². The summed E-state index contributed by atoms with van der Waals surface area (Å²) in [6.07, 6.45) is 2.11. The molecule has 1 aliphatic rings. The third kappa shape index (κ3) is 2.02. The van der Waals surface area contributed by atoms with Gasteiger partial charge in [-0.1, -0.05) is 13.2 Å². The first kappa shape index (κ1) is 10.5. The molecule has 1 saturated heterocycles. The van der Waals surface area contributed by atoms with Crippen LogP contribution in [0.25, 0.3) is 0 Å². The molecule has 1 rings (SSSR count). The van der Waals surface area contributed by atoms with Gasteiger partial charge in [-0.3, -0.25) is 9.59 Å². The van der Waals surface area contributed by atoms with Gasteiger partial charge in [0.25, 0.3) is 0 Å². The fourth-order valence-corrected chi connectivity index (χ4v) is 1.30. The maximum absolute atomic E-state index is 11.5. The number of amides is 2. The van der Waals surface area contributed by atoms with Crippen molar-refractivity contribution >= 4 is 11.8 Å². The average Bonchev–Trinajstić information content (AvgIpc) is 2.47. The molecule has 0 radical (unpaired) electrons. The minimum absolute atomic E-state index is 0.102. The summed E-state index contributed by atoms with van der Waals surface area (Å²) < 4.78 is 0. The summed E-state index contributed by atoms with van der Waals surface area (Å²) in [5, 5.41) is 2.61. The molecule has 1 atom stereocenters. The lowest BCUT2D eigenvalue weighted by Gasteiger charge is -2.12. The van der Waals surface area contributed by atoms with Gasteiger partial charge in [0, 0.05) is 12.1 Å². The number of nitrogens with one attached hydrogen (secondary N) is 1. The summed E-state index contributed by atoms with van der Waals surface area (Å²) in [5.41, 5.74) is 0.412. The molecule has 0 aromatic heterocycles. The quantitative estimate of drug-likeness (QED) is 0.662. The third-order valence-electron chi connectivity index (χ3n) is 2.15. The Morgan fingerprint density at radius 1 is 1.71 bits per heavy atom. The van der Waals surface area contributed by atoms with E-state index in [2.05, 4.69) is 18.5 Å². The van der Waals surface area contributed by atoms with Crippen molar-refractivity contribution in [3.8, 4) is 0 Å². The van der Waals surface area contributed by atoms with Crippen LogP contribution in [0.2, 0.25) is 0 Å². The van der Waals surface area contributed by atoms with Crippen molar-refractivity contribution in [3.05, 3.63) is 24.9 Å². The molecule has 1 aliphatic heterocycles. The predicted molar refractivity (Wildman–Crippen MR) is 53.3 cm³/mol. The van der Waals surface area contributed by atoms with Gasteiger partial charge in [-0.2, -0.15) is 0 Å². The molecule has 0 aromatic carbocycles. The minimum Gasteiger partial charge on any atom is -0.340 e. The van der Waals surface area contributed by atoms with E-state index in [4.69, 9.17) is 0 Å². The van der Waals surface area contributed by atoms with Crippen molar-refractivity contribution in [2.24, 2.45) is 0 Å². The number of hydrogen-bond donors (Lipinski definition) is 1. The number of hydrogen-bond acceptors (Lipinski definition) is 2. The summed E-state index contributed by atoms with van der Waals surface area (Å²) in [4.78, 5) is 24.2. The average molecular weight is 194 g/mol. The van der Waals surface area contributed by atoms with Crippen molar-refractivity contribution in [2.45, 2.75) is 19.4 Å². The number of nitrogens with zero attached hydrogens (tertiary/aromatic N) is 1. The lowest BCUT2D eigenvalue weighted by Crippen LogP contribution is -2.40. The highest BCUT2D eigenvalue weighted by Crippen LogP contribution is 2.11. The van der Waals surface area contributed by atoms with Gasteiger partial charge in [-0.15, -0.1) is 0 Å². The molecule has 1 fully saturated rings. The highest BCUT2D eigenvalue weighted by molar-refractivity contribution is 5.96. The van der Waals surface area contributed by atoms with Crippen molar-refractivity contribution in [3.63, 3.8) is 0 Å². The monoisotopic (exact) mass is 194 g/mol. The zero-order valence-corrected chi connectivity index (χ0v) is 8.25. The second-order valence-corrected chi connectivity index (χ2v) is 3.31. The summed E-state index contributed by atoms with van der Waals surface area (Å²) in [7, 11) is 0. The van der Waals surface area contributed by atoms with E-state index in [1.54, 1.807) is 6.92 Å². The van der Waals surface area contributed by atoms with Crippen molar-refractivity contribution in [2.75, 3.05) is 6.54 Å². The Morgan fingerprint density at radius 3 is 2.79 bits per heavy atom. The number of rotatable bonds is 3. The van der Waals surface area contributed by atoms with Crippen LogP contribution in [0.1, 0.15) is 13.3 Å². The molecule has 1 heterocycles. The van der Waals surface area contributed by atoms with Crippen LogP contribution in [0.3, 0.4) is 0 Å². The molecule has 0 aromatic rings. The molecular weight excluding hydrogens is 180 g/mol. The molecule has 1 N–H and O–H groups in total. The maximum Gasteiger partial charge on any atom is 0.249 e. The van der Waals surface area contributed by atoms with E-state index in [0.717, 1.165) is 0 Å². The van der Waals surface area contributed by atoms with Crippen LogP contribution < -0.4 is 5.32 Å². The Bertz CT molecular complexity index is 296. The zero-order chi connectivity index (χ0) is 10.7. The first-order chi connectivity index (χ1) is 6.56. The van der Waals surface area contributed by atoms with E-state index in [1.807, 2.05) is 0 Å². The van der Waals surface area contributed by atoms with Gasteiger partial charge in [0.1, 0.15) is 6.04 Å². The van der Waals surface area contributed by atoms with Gasteiger partial charge in [-0.05, 0) is 19.5 Å². The van der Waals surface area contributed by atoms with Crippen LogP contribution >= 0.6 is 0 Å². The van der Waals surface area contributed by atoms with E-state index < -0.39 is 6.04 Å². The van der Waals surface area contributed by atoms with Crippen molar-refractivity contribution < 1.29 is 9.59 Å². The van der Waals surface area contributed by atoms with Gasteiger partial charge < -0.3 is 10.2 Å². The van der Waals surface area contributed by atoms with E-state index in [1.165, 1.54) is 11.1 Å². The summed E-state index contributed by atoms with van der Waals surface area (Å²) in [6, 6.07) is -0.419. The lowest BCUT2D eigenvalue weighted by molar-refractivity contribution is -0.130. The van der Waals surface area contributed by atoms with E-state index in [0.29, 0.717) is 18.5 Å². The number of carbonyl (C=O) groups excluding carboxylic acids is 2. The molecule has 0 spiro atoms. The Kier molecular flexibility index (Phi) is 3.06. The van der Waals surface area contributed by atoms with Gasteiger partial charge in [-0.25, -0.2) is 0 Å². The molecule has 0 aliphatic carbocycles. The van der Waals surface area contributed by atoms with Crippen LogP contribution in [-0.2, 0) is 9.59 Å². The highest BCUT2D eigenvalue weighted by Gasteiger charge is 2.30. The second kappa shape index (κ2) is 4.09. The Hall–Kier alpha value is -1.58. The molecule has 1 unspecified atom stereocenters. The van der Waals surface area contributed by atoms with Crippen molar-refractivity contribution in [1.82, 2.24) is 10.2 Å². The van der Waals surface area contributed by atoms with E-state index in [-0.39, 0.29) is 11.8 Å². The first-order valence-electron chi connectivity index (χ1n) is 4.45. The van der Waals surface area contributed by atoms with Crippen LogP contribution in [-0.4, -0.2) is 29.3 Å². The SMILES string of the molecule is C=CN1CCC(NC(=O)C(=C)C)C1=O. The van der Waals surface area contributed by atoms with Gasteiger partial charge >= 0.3 is 0 Å². The minimum atomic E-state index is -0.419. The van der Waals surface area contributed by atoms with Crippen LogP contribution in [0, 0.1) is 0 Å².